The number of hydrogen-bond acceptors (Lipinski definition) is 4. The van der Waals surface area contributed by atoms with Gasteiger partial charge in [0.05, 0.1) is 6.61 Å². The summed E-state index contributed by atoms with van der Waals surface area (Å²) in [6.07, 6.45) is 3.11. The second kappa shape index (κ2) is 12.9. The Morgan fingerprint density at radius 1 is 1.09 bits per heavy atom. The fraction of sp³-hybridized carbons (Fsp3) is 0.357. The Balaban J connectivity index is 0.00000342. The van der Waals surface area contributed by atoms with Gasteiger partial charge in [-0.2, -0.15) is 0 Å². The fourth-order valence-corrected chi connectivity index (χ4v) is 4.27. The largest absolute Gasteiger partial charge is 0.493 e. The minimum absolute atomic E-state index is 0. The van der Waals surface area contributed by atoms with E-state index in [0.29, 0.717) is 35.3 Å². The molecular weight excluding hydrogens is 481 g/mol. The second-order valence-corrected chi connectivity index (χ2v) is 9.72. The molecule has 0 unspecified atom stereocenters. The van der Waals surface area contributed by atoms with Crippen LogP contribution in [0.4, 0.5) is 5.82 Å². The SMILES string of the molecule is CC(C)COc1ccc(Cl)cc1Cc1cccc(NC(=O)c2ccc(CN3CCCC3)cc2)n1.Cl. The molecule has 1 saturated heterocycles. The number of benzene rings is 2. The van der Waals surface area contributed by atoms with Crippen molar-refractivity contribution in [2.45, 2.75) is 39.7 Å². The zero-order chi connectivity index (χ0) is 23.9. The maximum atomic E-state index is 12.8. The molecule has 1 aliphatic rings. The quantitative estimate of drug-likeness (QED) is 0.348. The van der Waals surface area contributed by atoms with Crippen molar-refractivity contribution >= 4 is 35.7 Å². The molecule has 2 heterocycles. The van der Waals surface area contributed by atoms with Crippen LogP contribution in [0.2, 0.25) is 5.02 Å². The molecule has 0 aliphatic carbocycles. The van der Waals surface area contributed by atoms with Gasteiger partial charge in [0.25, 0.3) is 5.91 Å². The lowest BCUT2D eigenvalue weighted by Gasteiger charge is -2.15. The Morgan fingerprint density at radius 2 is 1.83 bits per heavy atom. The van der Waals surface area contributed by atoms with Crippen molar-refractivity contribution in [3.8, 4) is 5.75 Å². The van der Waals surface area contributed by atoms with Crippen molar-refractivity contribution in [2.24, 2.45) is 5.92 Å². The molecule has 4 rings (SSSR count). The molecule has 0 spiro atoms. The molecule has 3 aromatic rings. The summed E-state index contributed by atoms with van der Waals surface area (Å²) in [6.45, 7) is 8.12. The molecule has 0 bridgehead atoms. The number of halogens is 2. The van der Waals surface area contributed by atoms with E-state index in [0.717, 1.165) is 36.6 Å². The Hall–Kier alpha value is -2.60. The number of ether oxygens (including phenoxy) is 1. The molecule has 0 saturated carbocycles. The molecule has 1 aliphatic heterocycles. The normalized spacial score (nSPS) is 13.5. The van der Waals surface area contributed by atoms with Gasteiger partial charge in [-0.25, -0.2) is 4.98 Å². The van der Waals surface area contributed by atoms with Crippen LogP contribution >= 0.6 is 24.0 Å². The Morgan fingerprint density at radius 3 is 2.54 bits per heavy atom. The number of nitrogens with zero attached hydrogens (tertiary/aromatic N) is 2. The van der Waals surface area contributed by atoms with Crippen molar-refractivity contribution in [3.05, 3.63) is 88.1 Å². The highest BCUT2D eigenvalue weighted by Crippen LogP contribution is 2.26. The minimum Gasteiger partial charge on any atom is -0.493 e. The minimum atomic E-state index is -0.166. The number of amides is 1. The summed E-state index contributed by atoms with van der Waals surface area (Å²) in [5.74, 6) is 1.59. The van der Waals surface area contributed by atoms with Crippen molar-refractivity contribution in [1.82, 2.24) is 9.88 Å². The average Bonchev–Trinajstić information content (AvgIpc) is 3.32. The molecule has 1 fully saturated rings. The average molecular weight is 514 g/mol. The summed E-state index contributed by atoms with van der Waals surface area (Å²) in [6, 6.07) is 19.1. The van der Waals surface area contributed by atoms with E-state index in [1.807, 2.05) is 54.6 Å². The molecule has 186 valence electrons. The molecule has 1 aromatic heterocycles. The number of carbonyl (C=O) groups excluding carboxylic acids is 1. The molecule has 5 nitrogen and oxygen atoms in total. The third-order valence-electron chi connectivity index (χ3n) is 5.84. The number of likely N-dealkylation sites (tertiary alicyclic amines) is 1. The summed E-state index contributed by atoms with van der Waals surface area (Å²) in [5.41, 5.74) is 3.65. The van der Waals surface area contributed by atoms with E-state index < -0.39 is 0 Å². The van der Waals surface area contributed by atoms with E-state index in [1.54, 1.807) is 6.07 Å². The van der Waals surface area contributed by atoms with Crippen molar-refractivity contribution < 1.29 is 9.53 Å². The highest BCUT2D eigenvalue weighted by atomic mass is 35.5. The van der Waals surface area contributed by atoms with Gasteiger partial charge in [0.1, 0.15) is 11.6 Å². The third kappa shape index (κ3) is 7.96. The first-order valence-electron chi connectivity index (χ1n) is 12.0. The van der Waals surface area contributed by atoms with E-state index in [-0.39, 0.29) is 18.3 Å². The number of pyridine rings is 1. The van der Waals surface area contributed by atoms with Crippen LogP contribution < -0.4 is 10.1 Å². The predicted octanol–water partition coefficient (Wildman–Crippen LogP) is 6.63. The lowest BCUT2D eigenvalue weighted by Crippen LogP contribution is -2.18. The van der Waals surface area contributed by atoms with Crippen LogP contribution in [0, 0.1) is 5.92 Å². The van der Waals surface area contributed by atoms with Crippen LogP contribution in [-0.2, 0) is 13.0 Å². The highest BCUT2D eigenvalue weighted by Gasteiger charge is 2.13. The van der Waals surface area contributed by atoms with Gasteiger partial charge in [-0.1, -0.05) is 43.6 Å². The monoisotopic (exact) mass is 513 g/mol. The fourth-order valence-electron chi connectivity index (χ4n) is 4.08. The van der Waals surface area contributed by atoms with Gasteiger partial charge < -0.3 is 10.1 Å². The van der Waals surface area contributed by atoms with Gasteiger partial charge in [0, 0.05) is 34.8 Å². The van der Waals surface area contributed by atoms with Gasteiger partial charge in [-0.15, -0.1) is 12.4 Å². The van der Waals surface area contributed by atoms with Crippen LogP contribution in [0.3, 0.4) is 0 Å². The summed E-state index contributed by atoms with van der Waals surface area (Å²) in [4.78, 5) is 19.9. The summed E-state index contributed by atoms with van der Waals surface area (Å²) in [5, 5.41) is 3.58. The molecule has 2 aromatic carbocycles. The highest BCUT2D eigenvalue weighted by molar-refractivity contribution is 6.30. The molecule has 7 heteroatoms. The van der Waals surface area contributed by atoms with Gasteiger partial charge in [-0.05, 0) is 79.9 Å². The third-order valence-corrected chi connectivity index (χ3v) is 6.07. The van der Waals surface area contributed by atoms with E-state index in [2.05, 4.69) is 29.0 Å². The zero-order valence-electron chi connectivity index (χ0n) is 20.3. The lowest BCUT2D eigenvalue weighted by atomic mass is 10.1. The molecular formula is C28H33Cl2N3O2. The van der Waals surface area contributed by atoms with Gasteiger partial charge in [-0.3, -0.25) is 9.69 Å². The molecule has 0 radical (unpaired) electrons. The molecule has 35 heavy (non-hydrogen) atoms. The molecule has 0 atom stereocenters. The summed E-state index contributed by atoms with van der Waals surface area (Å²) >= 11 is 6.24. The predicted molar refractivity (Wildman–Crippen MR) is 145 cm³/mol. The zero-order valence-corrected chi connectivity index (χ0v) is 21.9. The smallest absolute Gasteiger partial charge is 0.256 e. The van der Waals surface area contributed by atoms with Gasteiger partial charge in [0.2, 0.25) is 0 Å². The van der Waals surface area contributed by atoms with Crippen molar-refractivity contribution in [3.63, 3.8) is 0 Å². The maximum Gasteiger partial charge on any atom is 0.256 e. The van der Waals surface area contributed by atoms with Crippen LogP contribution in [0.15, 0.2) is 60.7 Å². The Kier molecular flexibility index (Phi) is 9.96. The molecule has 1 amide bonds. The van der Waals surface area contributed by atoms with Gasteiger partial charge in [0.15, 0.2) is 0 Å². The maximum absolute atomic E-state index is 12.8. The van der Waals surface area contributed by atoms with Crippen molar-refractivity contribution in [2.75, 3.05) is 25.0 Å². The number of carbonyl (C=O) groups is 1. The van der Waals surface area contributed by atoms with Crippen LogP contribution in [0.25, 0.3) is 0 Å². The second-order valence-electron chi connectivity index (χ2n) is 9.28. The van der Waals surface area contributed by atoms with Gasteiger partial charge >= 0.3 is 0 Å². The standard InChI is InChI=1S/C28H32ClN3O2.ClH/c1-20(2)19-34-26-13-12-24(29)16-23(26)17-25-6-5-7-27(30-25)31-28(33)22-10-8-21(9-11-22)18-32-14-3-4-15-32;/h5-13,16,20H,3-4,14-15,17-19H2,1-2H3,(H,30,31,33);1H. The Labute approximate surface area is 219 Å². The van der Waals surface area contributed by atoms with Crippen molar-refractivity contribution in [1.29, 1.82) is 0 Å². The van der Waals surface area contributed by atoms with Crippen LogP contribution in [-0.4, -0.2) is 35.5 Å². The van der Waals surface area contributed by atoms with E-state index in [1.165, 1.54) is 18.4 Å². The van der Waals surface area contributed by atoms with E-state index in [9.17, 15) is 4.79 Å². The first kappa shape index (κ1) is 27.0. The first-order valence-corrected chi connectivity index (χ1v) is 12.3. The number of rotatable bonds is 9. The lowest BCUT2D eigenvalue weighted by molar-refractivity contribution is 0.102. The number of hydrogen-bond donors (Lipinski definition) is 1. The molecule has 1 N–H and O–H groups in total. The summed E-state index contributed by atoms with van der Waals surface area (Å²) in [7, 11) is 0. The van der Waals surface area contributed by atoms with E-state index >= 15 is 0 Å². The first-order chi connectivity index (χ1) is 16.5. The van der Waals surface area contributed by atoms with Crippen LogP contribution in [0.5, 0.6) is 5.75 Å². The van der Waals surface area contributed by atoms with E-state index in [4.69, 9.17) is 16.3 Å². The summed E-state index contributed by atoms with van der Waals surface area (Å²) < 4.78 is 5.97. The van der Waals surface area contributed by atoms with Crippen LogP contribution in [0.1, 0.15) is 53.9 Å². The topological polar surface area (TPSA) is 54.5 Å². The Bertz CT molecular complexity index is 1110. The number of anilines is 1. The number of aromatic nitrogens is 1. The number of nitrogens with one attached hydrogen (secondary N) is 1.